The maximum absolute atomic E-state index is 9.90. The normalized spacial score (nSPS) is 16.9. The van der Waals surface area contributed by atoms with Crippen LogP contribution >= 0.6 is 0 Å². The van der Waals surface area contributed by atoms with Crippen LogP contribution in [-0.4, -0.2) is 51.3 Å². The van der Waals surface area contributed by atoms with Gasteiger partial charge in [0.15, 0.2) is 0 Å². The molecule has 0 rings (SSSR count). The predicted molar refractivity (Wildman–Crippen MR) is 34.7 cm³/mol. The molecule has 0 saturated carbocycles. The number of aliphatic carboxylic acids is 1. The van der Waals surface area contributed by atoms with E-state index in [1.807, 2.05) is 0 Å². The van der Waals surface area contributed by atoms with Crippen LogP contribution in [0.15, 0.2) is 0 Å². The topological polar surface area (TPSA) is 121 Å². The fourth-order valence-electron chi connectivity index (χ4n) is 0.656. The molecule has 3 atom stereocenters. The van der Waals surface area contributed by atoms with Crippen LogP contribution in [0.5, 0.6) is 0 Å². The van der Waals surface area contributed by atoms with E-state index in [0.29, 0.717) is 0 Å². The Morgan fingerprint density at radius 1 is 1.23 bits per heavy atom. The summed E-state index contributed by atoms with van der Waals surface area (Å²) >= 11 is 0. The van der Waals surface area contributed by atoms with Gasteiger partial charge in [-0.15, -0.1) is 0 Å². The monoisotopic (exact) mass is 202 g/mol. The SMILES string of the molecule is O=C([O-])C[C@@H](O)[C@H](O)[C@H](O)CO.[Na+]. The van der Waals surface area contributed by atoms with Crippen molar-refractivity contribution in [3.05, 3.63) is 0 Å². The van der Waals surface area contributed by atoms with Crippen molar-refractivity contribution in [1.82, 2.24) is 0 Å². The maximum Gasteiger partial charge on any atom is 1.00 e. The second kappa shape index (κ2) is 7.69. The van der Waals surface area contributed by atoms with Gasteiger partial charge in [-0.05, 0) is 0 Å². The smallest absolute Gasteiger partial charge is 0.550 e. The third kappa shape index (κ3) is 6.39. The fourth-order valence-corrected chi connectivity index (χ4v) is 0.656. The molecule has 0 saturated heterocycles. The van der Waals surface area contributed by atoms with Crippen LogP contribution in [0.1, 0.15) is 6.42 Å². The summed E-state index contributed by atoms with van der Waals surface area (Å²) in [7, 11) is 0. The van der Waals surface area contributed by atoms with Gasteiger partial charge in [0.25, 0.3) is 0 Å². The standard InChI is InChI=1S/C6H12O6.Na/c7-2-4(9)6(12)3(8)1-5(10)11;/h3-4,6-9,12H,1-2H2,(H,10,11);/q;+1/p-1/t3-,4-,6+;/m1./s1. The molecule has 0 fully saturated rings. The molecule has 0 amide bonds. The first kappa shape index (κ1) is 15.8. The average molecular weight is 202 g/mol. The fraction of sp³-hybridized carbons (Fsp3) is 0.833. The van der Waals surface area contributed by atoms with E-state index in [9.17, 15) is 9.90 Å². The number of hydrogen-bond donors (Lipinski definition) is 4. The van der Waals surface area contributed by atoms with E-state index in [1.165, 1.54) is 0 Å². The summed E-state index contributed by atoms with van der Waals surface area (Å²) in [5.41, 5.74) is 0. The van der Waals surface area contributed by atoms with E-state index in [1.54, 1.807) is 0 Å². The number of carboxylic acids is 1. The van der Waals surface area contributed by atoms with Crippen LogP contribution < -0.4 is 34.7 Å². The van der Waals surface area contributed by atoms with E-state index < -0.39 is 37.3 Å². The molecule has 72 valence electrons. The van der Waals surface area contributed by atoms with Crippen molar-refractivity contribution in [3.8, 4) is 0 Å². The van der Waals surface area contributed by atoms with E-state index in [-0.39, 0.29) is 29.6 Å². The van der Waals surface area contributed by atoms with Gasteiger partial charge >= 0.3 is 29.6 Å². The van der Waals surface area contributed by atoms with E-state index in [0.717, 1.165) is 0 Å². The van der Waals surface area contributed by atoms with Crippen molar-refractivity contribution < 1.29 is 59.9 Å². The van der Waals surface area contributed by atoms with Gasteiger partial charge in [0.05, 0.1) is 12.7 Å². The summed E-state index contributed by atoms with van der Waals surface area (Å²) in [6.07, 6.45) is -5.62. The number of carbonyl (C=O) groups excluding carboxylic acids is 1. The second-order valence-electron chi connectivity index (χ2n) is 2.38. The third-order valence-electron chi connectivity index (χ3n) is 1.35. The molecule has 0 heterocycles. The largest absolute Gasteiger partial charge is 1.00 e. The van der Waals surface area contributed by atoms with Crippen molar-refractivity contribution in [1.29, 1.82) is 0 Å². The van der Waals surface area contributed by atoms with Crippen molar-refractivity contribution in [3.63, 3.8) is 0 Å². The summed E-state index contributed by atoms with van der Waals surface area (Å²) in [4.78, 5) is 9.90. The zero-order valence-corrected chi connectivity index (χ0v) is 9.25. The van der Waals surface area contributed by atoms with E-state index in [2.05, 4.69) is 0 Å². The molecule has 7 heteroatoms. The second-order valence-corrected chi connectivity index (χ2v) is 2.38. The van der Waals surface area contributed by atoms with Crippen LogP contribution in [0.25, 0.3) is 0 Å². The van der Waals surface area contributed by atoms with Gasteiger partial charge in [-0.3, -0.25) is 0 Å². The zero-order valence-electron chi connectivity index (χ0n) is 7.25. The molecule has 4 N–H and O–H groups in total. The quantitative estimate of drug-likeness (QED) is 0.329. The minimum Gasteiger partial charge on any atom is -0.550 e. The summed E-state index contributed by atoms with van der Waals surface area (Å²) in [6.45, 7) is -0.745. The molecule has 0 spiro atoms. The average Bonchev–Trinajstić information content (AvgIpc) is 2.00. The van der Waals surface area contributed by atoms with Crippen LogP contribution in [0.4, 0.5) is 0 Å². The van der Waals surface area contributed by atoms with Gasteiger partial charge in [0, 0.05) is 12.4 Å². The molecule has 0 unspecified atom stereocenters. The molecule has 13 heavy (non-hydrogen) atoms. The Labute approximate surface area is 97.1 Å². The van der Waals surface area contributed by atoms with E-state index in [4.69, 9.17) is 20.4 Å². The Kier molecular flexibility index (Phi) is 9.33. The van der Waals surface area contributed by atoms with Crippen molar-refractivity contribution >= 4 is 5.97 Å². The van der Waals surface area contributed by atoms with E-state index >= 15 is 0 Å². The summed E-state index contributed by atoms with van der Waals surface area (Å²) in [5, 5.41) is 44.7. The number of aliphatic hydroxyl groups is 4. The first-order chi connectivity index (χ1) is 5.49. The third-order valence-corrected chi connectivity index (χ3v) is 1.35. The number of hydrogen-bond acceptors (Lipinski definition) is 6. The van der Waals surface area contributed by atoms with Gasteiger partial charge in [-0.25, -0.2) is 0 Å². The van der Waals surface area contributed by atoms with Gasteiger partial charge in [0.1, 0.15) is 12.2 Å². The van der Waals surface area contributed by atoms with Crippen LogP contribution in [0, 0.1) is 0 Å². The summed E-state index contributed by atoms with van der Waals surface area (Å²) in [5.74, 6) is -1.54. The molecule has 0 bridgehead atoms. The molecule has 0 aromatic rings. The van der Waals surface area contributed by atoms with Crippen LogP contribution in [0.3, 0.4) is 0 Å². The molecule has 0 aliphatic rings. The Morgan fingerprint density at radius 3 is 2.00 bits per heavy atom. The molecule has 0 aromatic heterocycles. The Hall–Kier alpha value is 0.310. The number of carboxylic acid groups (broad SMARTS) is 1. The van der Waals surface area contributed by atoms with Crippen molar-refractivity contribution in [2.75, 3.05) is 6.61 Å². The molecular weight excluding hydrogens is 191 g/mol. The maximum atomic E-state index is 9.90. The molecule has 6 nitrogen and oxygen atoms in total. The number of rotatable bonds is 5. The number of carbonyl (C=O) groups is 1. The van der Waals surface area contributed by atoms with Gasteiger partial charge in [0.2, 0.25) is 0 Å². The zero-order chi connectivity index (χ0) is 9.72. The van der Waals surface area contributed by atoms with Gasteiger partial charge in [-0.1, -0.05) is 0 Å². The van der Waals surface area contributed by atoms with Crippen molar-refractivity contribution in [2.24, 2.45) is 0 Å². The predicted octanol–water partition coefficient (Wildman–Crippen LogP) is -6.79. The van der Waals surface area contributed by atoms with Crippen molar-refractivity contribution in [2.45, 2.75) is 24.7 Å². The molecule has 0 aliphatic heterocycles. The minimum atomic E-state index is -1.67. The Bertz CT molecular complexity index is 152. The van der Waals surface area contributed by atoms with Gasteiger partial charge in [-0.2, -0.15) is 0 Å². The molecule has 0 aliphatic carbocycles. The minimum absolute atomic E-state index is 0. The van der Waals surface area contributed by atoms with Gasteiger partial charge < -0.3 is 30.3 Å². The summed E-state index contributed by atoms with van der Waals surface area (Å²) in [6, 6.07) is 0. The first-order valence-electron chi connectivity index (χ1n) is 3.34. The number of aliphatic hydroxyl groups excluding tert-OH is 4. The summed E-state index contributed by atoms with van der Waals surface area (Å²) < 4.78 is 0. The Morgan fingerprint density at radius 2 is 1.69 bits per heavy atom. The molecular formula is C6H11NaO6. The van der Waals surface area contributed by atoms with Crippen LogP contribution in [0.2, 0.25) is 0 Å². The molecule has 0 radical (unpaired) electrons. The first-order valence-corrected chi connectivity index (χ1v) is 3.34. The van der Waals surface area contributed by atoms with Crippen LogP contribution in [-0.2, 0) is 4.79 Å². The molecule has 0 aromatic carbocycles. The Balaban J connectivity index is 0.